The Morgan fingerprint density at radius 1 is 1.05 bits per heavy atom. The number of ether oxygens (including phenoxy) is 2. The Bertz CT molecular complexity index is 1240. The van der Waals surface area contributed by atoms with Crippen LogP contribution in [0.5, 0.6) is 11.5 Å². The molecule has 194 valence electrons. The molecular formula is C29H35N5O3. The first-order valence-electron chi connectivity index (χ1n) is 12.5. The third-order valence-electron chi connectivity index (χ3n) is 6.62. The highest BCUT2D eigenvalue weighted by Crippen LogP contribution is 2.28. The second kappa shape index (κ2) is 12.4. The molecule has 1 aromatic heterocycles. The maximum atomic E-state index is 11.6. The molecule has 0 bridgehead atoms. The summed E-state index contributed by atoms with van der Waals surface area (Å²) in [5, 5.41) is 2.80. The van der Waals surface area contributed by atoms with E-state index in [1.165, 1.54) is 11.8 Å². The van der Waals surface area contributed by atoms with Crippen molar-refractivity contribution in [3.63, 3.8) is 0 Å². The van der Waals surface area contributed by atoms with Gasteiger partial charge in [0.25, 0.3) is 0 Å². The van der Waals surface area contributed by atoms with Gasteiger partial charge in [-0.2, -0.15) is 0 Å². The third-order valence-corrected chi connectivity index (χ3v) is 6.62. The first kappa shape index (κ1) is 26.2. The lowest BCUT2D eigenvalue weighted by atomic mass is 10.1. The van der Waals surface area contributed by atoms with E-state index in [0.717, 1.165) is 60.9 Å². The molecule has 0 radical (unpaired) electrons. The molecule has 8 nitrogen and oxygen atoms in total. The van der Waals surface area contributed by atoms with E-state index in [2.05, 4.69) is 51.9 Å². The van der Waals surface area contributed by atoms with Crippen molar-refractivity contribution in [2.75, 3.05) is 57.7 Å². The van der Waals surface area contributed by atoms with Crippen molar-refractivity contribution < 1.29 is 14.3 Å². The minimum Gasteiger partial charge on any atom is -0.496 e. The van der Waals surface area contributed by atoms with Crippen molar-refractivity contribution in [2.24, 2.45) is 0 Å². The Kier molecular flexibility index (Phi) is 8.74. The number of hydrogen-bond donors (Lipinski definition) is 1. The Hall–Kier alpha value is -3.91. The number of methoxy groups -OCH3 is 2. The summed E-state index contributed by atoms with van der Waals surface area (Å²) < 4.78 is 11.3. The van der Waals surface area contributed by atoms with Crippen molar-refractivity contribution in [1.82, 2.24) is 14.9 Å². The van der Waals surface area contributed by atoms with Crippen LogP contribution in [0.15, 0.2) is 61.3 Å². The number of anilines is 2. The highest BCUT2D eigenvalue weighted by atomic mass is 16.5. The van der Waals surface area contributed by atoms with Gasteiger partial charge < -0.3 is 24.6 Å². The predicted octanol–water partition coefficient (Wildman–Crippen LogP) is 3.75. The van der Waals surface area contributed by atoms with Crippen molar-refractivity contribution in [2.45, 2.75) is 19.3 Å². The molecule has 0 unspecified atom stereocenters. The first-order chi connectivity index (χ1) is 18.0. The SMILES string of the molecule is C=CC(=O)Nc1cccc(CCc2nc(Cc3ccc(N4CCN(C)CC4)cc3OC)ncc2OC)c1. The summed E-state index contributed by atoms with van der Waals surface area (Å²) in [6, 6.07) is 14.2. The average molecular weight is 502 g/mol. The van der Waals surface area contributed by atoms with Gasteiger partial charge in [0.15, 0.2) is 5.75 Å². The Morgan fingerprint density at radius 3 is 2.57 bits per heavy atom. The topological polar surface area (TPSA) is 79.8 Å². The summed E-state index contributed by atoms with van der Waals surface area (Å²) in [7, 11) is 5.50. The largest absolute Gasteiger partial charge is 0.496 e. The molecular weight excluding hydrogens is 466 g/mol. The van der Waals surface area contributed by atoms with Crippen LogP contribution in [0.25, 0.3) is 0 Å². The molecule has 4 rings (SSSR count). The predicted molar refractivity (Wildman–Crippen MR) is 147 cm³/mol. The molecule has 37 heavy (non-hydrogen) atoms. The van der Waals surface area contributed by atoms with Gasteiger partial charge in [-0.25, -0.2) is 9.97 Å². The lowest BCUT2D eigenvalue weighted by molar-refractivity contribution is -0.111. The van der Waals surface area contributed by atoms with Crippen LogP contribution in [0, 0.1) is 0 Å². The monoisotopic (exact) mass is 501 g/mol. The van der Waals surface area contributed by atoms with Crippen LogP contribution in [0.1, 0.15) is 22.6 Å². The molecule has 0 aliphatic carbocycles. The van der Waals surface area contributed by atoms with Crippen LogP contribution in [0.2, 0.25) is 0 Å². The van der Waals surface area contributed by atoms with E-state index in [9.17, 15) is 4.79 Å². The number of nitrogens with zero attached hydrogens (tertiary/aromatic N) is 4. The van der Waals surface area contributed by atoms with Crippen LogP contribution in [-0.4, -0.2) is 68.2 Å². The summed E-state index contributed by atoms with van der Waals surface area (Å²) in [5.41, 5.74) is 4.90. The van der Waals surface area contributed by atoms with E-state index in [1.807, 2.05) is 24.3 Å². The minimum absolute atomic E-state index is 0.230. The van der Waals surface area contributed by atoms with Crippen LogP contribution < -0.4 is 19.7 Å². The highest BCUT2D eigenvalue weighted by molar-refractivity contribution is 5.98. The Labute approximate surface area is 218 Å². The molecule has 1 amide bonds. The zero-order valence-corrected chi connectivity index (χ0v) is 21.9. The molecule has 2 heterocycles. The van der Waals surface area contributed by atoms with Crippen LogP contribution in [0.3, 0.4) is 0 Å². The van der Waals surface area contributed by atoms with Gasteiger partial charge in [0.05, 0.1) is 26.1 Å². The molecule has 0 atom stereocenters. The number of aromatic nitrogens is 2. The minimum atomic E-state index is -0.230. The lowest BCUT2D eigenvalue weighted by Gasteiger charge is -2.34. The van der Waals surface area contributed by atoms with E-state index in [4.69, 9.17) is 14.5 Å². The van der Waals surface area contributed by atoms with Gasteiger partial charge in [0.1, 0.15) is 11.6 Å². The molecule has 8 heteroatoms. The van der Waals surface area contributed by atoms with Gasteiger partial charge in [0, 0.05) is 55.6 Å². The molecule has 1 saturated heterocycles. The Balaban J connectivity index is 1.47. The van der Waals surface area contributed by atoms with Crippen LogP contribution in [-0.2, 0) is 24.1 Å². The number of likely N-dealkylation sites (N-methyl/N-ethyl adjacent to an activating group) is 1. The Morgan fingerprint density at radius 2 is 1.84 bits per heavy atom. The van der Waals surface area contributed by atoms with Crippen molar-refractivity contribution >= 4 is 17.3 Å². The summed E-state index contributed by atoms with van der Waals surface area (Å²) in [6.45, 7) is 7.63. The fourth-order valence-corrected chi connectivity index (χ4v) is 4.45. The number of nitrogens with one attached hydrogen (secondary N) is 1. The molecule has 1 aliphatic heterocycles. The van der Waals surface area contributed by atoms with E-state index in [-0.39, 0.29) is 5.91 Å². The van der Waals surface area contributed by atoms with Gasteiger partial charge >= 0.3 is 0 Å². The molecule has 2 aromatic carbocycles. The number of hydrogen-bond acceptors (Lipinski definition) is 7. The second-order valence-corrected chi connectivity index (χ2v) is 9.16. The molecule has 1 aliphatic rings. The smallest absolute Gasteiger partial charge is 0.247 e. The first-order valence-corrected chi connectivity index (χ1v) is 12.5. The molecule has 1 fully saturated rings. The number of rotatable bonds is 10. The van der Waals surface area contributed by atoms with Gasteiger partial charge in [0.2, 0.25) is 5.91 Å². The standard InChI is InChI=1S/C29H35N5O3/c1-5-29(35)31-23-8-6-7-21(17-23)9-12-25-27(37-4)20-30-28(32-25)18-22-10-11-24(19-26(22)36-3)34-15-13-33(2)14-16-34/h5-8,10-11,17,19-20H,1,9,12-16,18H2,2-4H3,(H,31,35). The van der Waals surface area contributed by atoms with Crippen molar-refractivity contribution in [3.05, 3.63) is 84.0 Å². The molecule has 0 saturated carbocycles. The summed E-state index contributed by atoms with van der Waals surface area (Å²) in [4.78, 5) is 25.8. The number of carbonyl (C=O) groups excluding carboxylic acids is 1. The highest BCUT2D eigenvalue weighted by Gasteiger charge is 2.17. The maximum Gasteiger partial charge on any atom is 0.247 e. The van der Waals surface area contributed by atoms with Crippen molar-refractivity contribution in [3.8, 4) is 11.5 Å². The van der Waals surface area contributed by atoms with Gasteiger partial charge in [-0.05, 0) is 49.7 Å². The quantitative estimate of drug-likeness (QED) is 0.424. The van der Waals surface area contributed by atoms with E-state index < -0.39 is 0 Å². The number of aryl methyl sites for hydroxylation is 2. The molecule has 0 spiro atoms. The molecule has 1 N–H and O–H groups in total. The normalized spacial score (nSPS) is 13.8. The van der Waals surface area contributed by atoms with Gasteiger partial charge in [-0.15, -0.1) is 0 Å². The zero-order chi connectivity index (χ0) is 26.2. The maximum absolute atomic E-state index is 11.6. The van der Waals surface area contributed by atoms with Crippen LogP contribution in [0.4, 0.5) is 11.4 Å². The van der Waals surface area contributed by atoms with E-state index in [0.29, 0.717) is 24.4 Å². The zero-order valence-electron chi connectivity index (χ0n) is 21.9. The van der Waals surface area contributed by atoms with Crippen molar-refractivity contribution in [1.29, 1.82) is 0 Å². The number of benzene rings is 2. The lowest BCUT2D eigenvalue weighted by Crippen LogP contribution is -2.44. The number of amides is 1. The summed E-state index contributed by atoms with van der Waals surface area (Å²) in [6.07, 6.45) is 4.98. The van der Waals surface area contributed by atoms with E-state index in [1.54, 1.807) is 20.4 Å². The average Bonchev–Trinajstić information content (AvgIpc) is 2.93. The summed E-state index contributed by atoms with van der Waals surface area (Å²) in [5.74, 6) is 1.99. The molecule has 3 aromatic rings. The van der Waals surface area contributed by atoms with Crippen LogP contribution >= 0.6 is 0 Å². The second-order valence-electron chi connectivity index (χ2n) is 9.16. The fraction of sp³-hybridized carbons (Fsp3) is 0.345. The number of piperazine rings is 1. The van der Waals surface area contributed by atoms with Gasteiger partial charge in [-0.1, -0.05) is 24.8 Å². The van der Waals surface area contributed by atoms with E-state index >= 15 is 0 Å². The fourth-order valence-electron chi connectivity index (χ4n) is 4.45. The summed E-state index contributed by atoms with van der Waals surface area (Å²) >= 11 is 0. The van der Waals surface area contributed by atoms with Gasteiger partial charge in [-0.3, -0.25) is 4.79 Å². The third kappa shape index (κ3) is 6.86. The number of carbonyl (C=O) groups is 1.